The molecule has 7 aliphatic rings. The van der Waals surface area contributed by atoms with Crippen molar-refractivity contribution < 1.29 is 24.2 Å². The Bertz CT molecular complexity index is 1910. The SMILES string of the molecule is C=CC.CC1C(C(=O)O)CC1C(=O)OC1CCC2(C)C(CCC3C4CCC5(C(=O)NC(C)(C)c6nc(-c7ccccc7)cn6CCN6CCCC6)CCCC5C4CCC32)C1N. The molecule has 6 saturated carbocycles. The van der Waals surface area contributed by atoms with Crippen LogP contribution in [0, 0.1) is 64.1 Å². The van der Waals surface area contributed by atoms with E-state index in [4.69, 9.17) is 15.5 Å². The number of esters is 1. The van der Waals surface area contributed by atoms with Gasteiger partial charge in [0.05, 0.1) is 28.5 Å². The second kappa shape index (κ2) is 17.6. The molecule has 1 aromatic heterocycles. The number of carbonyl (C=O) groups is 3. The van der Waals surface area contributed by atoms with Gasteiger partial charge < -0.3 is 30.4 Å². The normalized spacial score (nSPS) is 38.0. The van der Waals surface area contributed by atoms with E-state index in [2.05, 4.69) is 72.6 Å². The quantitative estimate of drug-likeness (QED) is 0.159. The minimum absolute atomic E-state index is 0.120. The third-order valence-corrected chi connectivity index (χ3v) is 17.9. The van der Waals surface area contributed by atoms with Crippen molar-refractivity contribution in [3.8, 4) is 11.3 Å². The van der Waals surface area contributed by atoms with Gasteiger partial charge in [-0.05, 0) is 164 Å². The average molecular weight is 838 g/mol. The van der Waals surface area contributed by atoms with Crippen LogP contribution in [0.4, 0.5) is 0 Å². The van der Waals surface area contributed by atoms with Gasteiger partial charge in [-0.25, -0.2) is 4.98 Å². The molecule has 2 heterocycles. The number of aliphatic carboxylic acids is 1. The van der Waals surface area contributed by atoms with Crippen molar-refractivity contribution in [3.63, 3.8) is 0 Å². The molecular weight excluding hydrogens is 763 g/mol. The maximum Gasteiger partial charge on any atom is 0.309 e. The molecule has 61 heavy (non-hydrogen) atoms. The van der Waals surface area contributed by atoms with Crippen molar-refractivity contribution in [2.24, 2.45) is 69.8 Å². The van der Waals surface area contributed by atoms with E-state index in [1.165, 1.54) is 32.1 Å². The minimum atomic E-state index is -0.822. The van der Waals surface area contributed by atoms with Crippen LogP contribution in [-0.4, -0.2) is 69.2 Å². The zero-order valence-electron chi connectivity index (χ0n) is 37.8. The summed E-state index contributed by atoms with van der Waals surface area (Å²) in [5.41, 5.74) is 8.32. The summed E-state index contributed by atoms with van der Waals surface area (Å²) >= 11 is 0. The Kier molecular flexibility index (Phi) is 12.7. The van der Waals surface area contributed by atoms with E-state index in [0.717, 1.165) is 94.6 Å². The highest BCUT2D eigenvalue weighted by molar-refractivity contribution is 5.84. The number of ether oxygens (including phenoxy) is 1. The summed E-state index contributed by atoms with van der Waals surface area (Å²) < 4.78 is 8.44. The molecule has 1 amide bonds. The van der Waals surface area contributed by atoms with E-state index < -0.39 is 17.4 Å². The lowest BCUT2D eigenvalue weighted by Crippen LogP contribution is -2.62. The first-order valence-electron chi connectivity index (χ1n) is 24.2. The number of nitrogens with zero attached hydrogens (tertiary/aromatic N) is 3. The molecule has 2 aromatic rings. The highest BCUT2D eigenvalue weighted by Gasteiger charge is 2.63. The Morgan fingerprint density at radius 1 is 0.918 bits per heavy atom. The number of allylic oxidation sites excluding steroid dienone is 1. The summed E-state index contributed by atoms with van der Waals surface area (Å²) in [5.74, 6) is 2.38. The Hall–Kier alpha value is -3.50. The van der Waals surface area contributed by atoms with Gasteiger partial charge in [0.1, 0.15) is 11.9 Å². The number of carbonyl (C=O) groups excluding carboxylic acids is 2. The number of aromatic nitrogens is 2. The van der Waals surface area contributed by atoms with Crippen LogP contribution < -0.4 is 11.1 Å². The van der Waals surface area contributed by atoms with E-state index in [9.17, 15) is 19.5 Å². The van der Waals surface area contributed by atoms with Gasteiger partial charge in [-0.3, -0.25) is 14.4 Å². The molecule has 9 rings (SSSR count). The average Bonchev–Trinajstić information content (AvgIpc) is 4.02. The molecule has 7 fully saturated rings. The van der Waals surface area contributed by atoms with Crippen molar-refractivity contribution >= 4 is 17.8 Å². The fraction of sp³-hybridized carbons (Fsp3) is 0.725. The molecule has 1 aromatic carbocycles. The molecule has 0 bridgehead atoms. The van der Waals surface area contributed by atoms with Gasteiger partial charge >= 0.3 is 11.9 Å². The third kappa shape index (κ3) is 8.04. The fourth-order valence-corrected chi connectivity index (χ4v) is 14.7. The van der Waals surface area contributed by atoms with Crippen LogP contribution in [0.15, 0.2) is 49.2 Å². The Morgan fingerprint density at radius 2 is 1.61 bits per heavy atom. The van der Waals surface area contributed by atoms with Gasteiger partial charge in [-0.2, -0.15) is 0 Å². The molecular formula is C51H75N5O5. The van der Waals surface area contributed by atoms with Gasteiger partial charge in [0, 0.05) is 30.9 Å². The van der Waals surface area contributed by atoms with Crippen molar-refractivity contribution in [2.75, 3.05) is 19.6 Å². The van der Waals surface area contributed by atoms with Crippen molar-refractivity contribution in [3.05, 3.63) is 55.0 Å². The predicted octanol–water partition coefficient (Wildman–Crippen LogP) is 8.83. The number of benzene rings is 1. The topological polar surface area (TPSA) is 140 Å². The van der Waals surface area contributed by atoms with Crippen LogP contribution in [-0.2, 0) is 31.2 Å². The lowest BCUT2D eigenvalue weighted by Gasteiger charge is -2.63. The number of imidazole rings is 1. The van der Waals surface area contributed by atoms with Crippen molar-refractivity contribution in [2.45, 2.75) is 149 Å². The first kappa shape index (κ1) is 44.1. The number of fused-ring (bicyclic) bond motifs is 7. The summed E-state index contributed by atoms with van der Waals surface area (Å²) in [5, 5.41) is 13.1. The highest BCUT2D eigenvalue weighted by Crippen LogP contribution is 2.67. The highest BCUT2D eigenvalue weighted by atomic mass is 16.5. The number of likely N-dealkylation sites (tertiary alicyclic amines) is 1. The number of nitrogens with two attached hydrogens (primary N) is 1. The third-order valence-electron chi connectivity index (χ3n) is 17.9. The molecule has 13 unspecified atom stereocenters. The molecule has 10 heteroatoms. The number of carboxylic acids is 1. The monoisotopic (exact) mass is 838 g/mol. The number of hydrogen-bond donors (Lipinski definition) is 3. The van der Waals surface area contributed by atoms with Crippen LogP contribution >= 0.6 is 0 Å². The van der Waals surface area contributed by atoms with Crippen LogP contribution in [0.5, 0.6) is 0 Å². The first-order valence-corrected chi connectivity index (χ1v) is 24.2. The Balaban J connectivity index is 0.00000166. The van der Waals surface area contributed by atoms with Gasteiger partial charge in [-0.1, -0.05) is 56.7 Å². The maximum absolute atomic E-state index is 15.0. The van der Waals surface area contributed by atoms with Crippen LogP contribution in [0.2, 0.25) is 0 Å². The molecule has 334 valence electrons. The molecule has 1 aliphatic heterocycles. The molecule has 13 atom stereocenters. The van der Waals surface area contributed by atoms with E-state index in [0.29, 0.717) is 41.9 Å². The number of rotatable bonds is 10. The Labute approximate surface area is 365 Å². The summed E-state index contributed by atoms with van der Waals surface area (Å²) in [6, 6.07) is 10.2. The first-order chi connectivity index (χ1) is 29.2. The smallest absolute Gasteiger partial charge is 0.309 e. The molecule has 4 N–H and O–H groups in total. The van der Waals surface area contributed by atoms with E-state index in [1.54, 1.807) is 6.08 Å². The standard InChI is InChI=1S/C48H69N5O5.C3H6/c1-29-34(42(54)55)27-35(29)43(56)58-40-19-21-47(4)36-16-14-33-31(32(36)15-17-38(47)41(40)49)18-22-48(20-10-13-37(33)48)45(57)51-46(2,3)44-50-39(30-11-6-5-7-12-30)28-53(44)26-25-52-23-8-9-24-52;1-3-2/h5-7,11-12,28-29,31-38,40-41H,8-10,13-27,49H2,1-4H3,(H,51,57)(H,54,55);3H,1H2,2H3. The number of amides is 1. The number of nitrogens with one attached hydrogen (secondary N) is 1. The second-order valence-electron chi connectivity index (χ2n) is 21.3. The summed E-state index contributed by atoms with van der Waals surface area (Å²) in [6.45, 7) is 18.1. The maximum atomic E-state index is 15.0. The largest absolute Gasteiger partial charge is 0.481 e. The van der Waals surface area contributed by atoms with E-state index in [1.807, 2.05) is 19.9 Å². The van der Waals surface area contributed by atoms with Gasteiger partial charge in [0.25, 0.3) is 0 Å². The molecule has 10 nitrogen and oxygen atoms in total. The zero-order chi connectivity index (χ0) is 43.3. The summed E-state index contributed by atoms with van der Waals surface area (Å²) in [6.07, 6.45) is 18.4. The van der Waals surface area contributed by atoms with Gasteiger partial charge in [0.15, 0.2) is 0 Å². The molecule has 6 aliphatic carbocycles. The number of hydrogen-bond acceptors (Lipinski definition) is 7. The fourth-order valence-electron chi connectivity index (χ4n) is 14.7. The summed E-state index contributed by atoms with van der Waals surface area (Å²) in [4.78, 5) is 47.5. The van der Waals surface area contributed by atoms with Crippen LogP contribution in [0.3, 0.4) is 0 Å². The number of carboxylic acid groups (broad SMARTS) is 1. The lowest BCUT2D eigenvalue weighted by molar-refractivity contribution is -0.180. The van der Waals surface area contributed by atoms with Crippen molar-refractivity contribution in [1.29, 1.82) is 0 Å². The summed E-state index contributed by atoms with van der Waals surface area (Å²) in [7, 11) is 0. The van der Waals surface area contributed by atoms with E-state index in [-0.39, 0.29) is 46.7 Å². The molecule has 0 spiro atoms. The van der Waals surface area contributed by atoms with Crippen molar-refractivity contribution in [1.82, 2.24) is 19.8 Å². The van der Waals surface area contributed by atoms with E-state index >= 15 is 0 Å². The Morgan fingerprint density at radius 3 is 2.30 bits per heavy atom. The van der Waals surface area contributed by atoms with Gasteiger partial charge in [-0.15, -0.1) is 6.58 Å². The van der Waals surface area contributed by atoms with Crippen LogP contribution in [0.1, 0.15) is 130 Å². The molecule has 1 saturated heterocycles. The lowest BCUT2D eigenvalue weighted by atomic mass is 9.43. The van der Waals surface area contributed by atoms with Crippen LogP contribution in [0.25, 0.3) is 11.3 Å². The minimum Gasteiger partial charge on any atom is -0.481 e. The van der Waals surface area contributed by atoms with Gasteiger partial charge in [0.2, 0.25) is 5.91 Å². The molecule has 0 radical (unpaired) electrons. The predicted molar refractivity (Wildman–Crippen MR) is 239 cm³/mol. The zero-order valence-corrected chi connectivity index (χ0v) is 37.8. The second-order valence-corrected chi connectivity index (χ2v) is 21.3.